The van der Waals surface area contributed by atoms with Gasteiger partial charge in [-0.2, -0.15) is 0 Å². The molecule has 7 heteroatoms. The fourth-order valence-corrected chi connectivity index (χ4v) is 3.05. The molecule has 2 N–H and O–H groups in total. The summed E-state index contributed by atoms with van der Waals surface area (Å²) in [6, 6.07) is 5.17. The Kier molecular flexibility index (Phi) is 7.46. The molecule has 1 aromatic rings. The Morgan fingerprint density at radius 3 is 2.74 bits per heavy atom. The lowest BCUT2D eigenvalue weighted by Crippen LogP contribution is -2.54. The van der Waals surface area contributed by atoms with E-state index in [1.165, 1.54) is 0 Å². The van der Waals surface area contributed by atoms with E-state index in [-0.39, 0.29) is 29.8 Å². The summed E-state index contributed by atoms with van der Waals surface area (Å²) in [6.45, 7) is 5.89. The molecule has 1 atom stereocenters. The predicted octanol–water partition coefficient (Wildman–Crippen LogP) is 3.77. The summed E-state index contributed by atoms with van der Waals surface area (Å²) in [5.41, 5.74) is 6.04. The molecular formula is C16H23Cl3N2O2. The van der Waals surface area contributed by atoms with Crippen molar-refractivity contribution in [3.8, 4) is 5.75 Å². The van der Waals surface area contributed by atoms with Gasteiger partial charge in [0.2, 0.25) is 5.91 Å². The molecule has 1 saturated heterocycles. The van der Waals surface area contributed by atoms with Crippen molar-refractivity contribution in [2.45, 2.75) is 32.7 Å². The van der Waals surface area contributed by atoms with Gasteiger partial charge < -0.3 is 15.4 Å². The second-order valence-corrected chi connectivity index (χ2v) is 7.22. The van der Waals surface area contributed by atoms with Gasteiger partial charge in [0.05, 0.1) is 18.1 Å². The number of halogens is 3. The van der Waals surface area contributed by atoms with E-state index in [2.05, 4.69) is 13.8 Å². The van der Waals surface area contributed by atoms with Crippen LogP contribution in [0.3, 0.4) is 0 Å². The molecule has 0 radical (unpaired) electrons. The molecule has 0 spiro atoms. The molecule has 1 aliphatic rings. The van der Waals surface area contributed by atoms with Gasteiger partial charge in [0.1, 0.15) is 5.75 Å². The number of carbonyl (C=O) groups excluding carboxylic acids is 1. The molecule has 4 nitrogen and oxygen atoms in total. The topological polar surface area (TPSA) is 55.6 Å². The van der Waals surface area contributed by atoms with E-state index < -0.39 is 0 Å². The maximum Gasteiger partial charge on any atom is 0.226 e. The van der Waals surface area contributed by atoms with E-state index in [0.717, 1.165) is 6.42 Å². The quantitative estimate of drug-likeness (QED) is 0.863. The zero-order valence-corrected chi connectivity index (χ0v) is 15.7. The zero-order chi connectivity index (χ0) is 16.3. The number of nitrogens with zero attached hydrogens (tertiary/aromatic N) is 1. The Bertz CT molecular complexity index is 552. The van der Waals surface area contributed by atoms with E-state index >= 15 is 0 Å². The summed E-state index contributed by atoms with van der Waals surface area (Å²) in [5.74, 6) is 0.630. The van der Waals surface area contributed by atoms with Crippen molar-refractivity contribution in [1.82, 2.24) is 4.90 Å². The minimum Gasteiger partial charge on any atom is -0.491 e. The third-order valence-electron chi connectivity index (χ3n) is 4.13. The Morgan fingerprint density at radius 2 is 2.13 bits per heavy atom. The van der Waals surface area contributed by atoms with Crippen LogP contribution in [0.2, 0.25) is 10.0 Å². The first kappa shape index (κ1) is 20.4. The van der Waals surface area contributed by atoms with Crippen molar-refractivity contribution in [3.05, 3.63) is 28.2 Å². The van der Waals surface area contributed by atoms with Crippen molar-refractivity contribution >= 4 is 41.5 Å². The smallest absolute Gasteiger partial charge is 0.226 e. The summed E-state index contributed by atoms with van der Waals surface area (Å²) < 4.78 is 5.56. The number of benzene rings is 1. The maximum absolute atomic E-state index is 12.3. The number of rotatable bonds is 4. The van der Waals surface area contributed by atoms with Gasteiger partial charge in [0.15, 0.2) is 0 Å². The molecule has 1 aromatic carbocycles. The zero-order valence-electron chi connectivity index (χ0n) is 13.4. The molecule has 1 amide bonds. The van der Waals surface area contributed by atoms with Crippen LogP contribution in [0.1, 0.15) is 26.7 Å². The summed E-state index contributed by atoms with van der Waals surface area (Å²) >= 11 is 11.9. The van der Waals surface area contributed by atoms with Gasteiger partial charge in [-0.1, -0.05) is 37.0 Å². The van der Waals surface area contributed by atoms with Crippen LogP contribution in [-0.4, -0.2) is 36.5 Å². The monoisotopic (exact) mass is 380 g/mol. The third-order valence-corrected chi connectivity index (χ3v) is 4.66. The minimum absolute atomic E-state index is 0. The van der Waals surface area contributed by atoms with Gasteiger partial charge in [0, 0.05) is 24.2 Å². The number of nitrogens with two attached hydrogens (primary N) is 1. The van der Waals surface area contributed by atoms with E-state index in [1.807, 2.05) is 4.90 Å². The molecule has 2 rings (SSSR count). The lowest BCUT2D eigenvalue weighted by atomic mass is 9.79. The average molecular weight is 382 g/mol. The highest BCUT2D eigenvalue weighted by Gasteiger charge is 2.35. The fraction of sp³-hybridized carbons (Fsp3) is 0.562. The van der Waals surface area contributed by atoms with Crippen molar-refractivity contribution in [1.29, 1.82) is 0 Å². The van der Waals surface area contributed by atoms with E-state index in [0.29, 0.717) is 41.9 Å². The third kappa shape index (κ3) is 5.42. The molecule has 0 aromatic heterocycles. The van der Waals surface area contributed by atoms with E-state index in [9.17, 15) is 4.79 Å². The molecule has 130 valence electrons. The lowest BCUT2D eigenvalue weighted by Gasteiger charge is -2.42. The average Bonchev–Trinajstić information content (AvgIpc) is 2.44. The first-order valence-electron chi connectivity index (χ1n) is 7.41. The highest BCUT2D eigenvalue weighted by molar-refractivity contribution is 6.35. The summed E-state index contributed by atoms with van der Waals surface area (Å²) in [4.78, 5) is 14.1. The molecule has 0 aliphatic carbocycles. The number of likely N-dealkylation sites (tertiary alicyclic amines) is 1. The van der Waals surface area contributed by atoms with Gasteiger partial charge in [-0.15, -0.1) is 12.4 Å². The number of carbonyl (C=O) groups is 1. The van der Waals surface area contributed by atoms with Crippen LogP contribution in [0.5, 0.6) is 5.75 Å². The van der Waals surface area contributed by atoms with Crippen molar-refractivity contribution in [3.63, 3.8) is 0 Å². The van der Waals surface area contributed by atoms with Crippen molar-refractivity contribution in [2.24, 2.45) is 11.1 Å². The predicted molar refractivity (Wildman–Crippen MR) is 96.8 cm³/mol. The van der Waals surface area contributed by atoms with Crippen LogP contribution in [0.25, 0.3) is 0 Å². The van der Waals surface area contributed by atoms with Gasteiger partial charge in [0.25, 0.3) is 0 Å². The number of piperidine rings is 1. The van der Waals surface area contributed by atoms with Crippen molar-refractivity contribution < 1.29 is 9.53 Å². The molecule has 1 aliphatic heterocycles. The fourth-order valence-electron chi connectivity index (χ4n) is 2.59. The first-order valence-corrected chi connectivity index (χ1v) is 8.16. The SMILES string of the molecule is CC1(C)CN(C(=O)CCOc2ccc(Cl)cc2Cl)CCC1N.Cl. The molecule has 1 fully saturated rings. The van der Waals surface area contributed by atoms with Crippen LogP contribution in [0, 0.1) is 5.41 Å². The number of amides is 1. The molecule has 1 heterocycles. The van der Waals surface area contributed by atoms with E-state index in [1.54, 1.807) is 18.2 Å². The number of ether oxygens (including phenoxy) is 1. The second-order valence-electron chi connectivity index (χ2n) is 6.37. The first-order chi connectivity index (χ1) is 10.3. The second kappa shape index (κ2) is 8.43. The number of hydrogen-bond acceptors (Lipinski definition) is 3. The van der Waals surface area contributed by atoms with Crippen LogP contribution in [-0.2, 0) is 4.79 Å². The molecule has 1 unspecified atom stereocenters. The molecule has 0 saturated carbocycles. The van der Waals surface area contributed by atoms with Gasteiger partial charge >= 0.3 is 0 Å². The van der Waals surface area contributed by atoms with Crippen LogP contribution in [0.4, 0.5) is 0 Å². The van der Waals surface area contributed by atoms with Gasteiger partial charge in [-0.25, -0.2) is 0 Å². The van der Waals surface area contributed by atoms with Crippen LogP contribution in [0.15, 0.2) is 18.2 Å². The lowest BCUT2D eigenvalue weighted by molar-refractivity contribution is -0.135. The highest BCUT2D eigenvalue weighted by atomic mass is 35.5. The Labute approximate surface area is 153 Å². The molecule has 23 heavy (non-hydrogen) atoms. The standard InChI is InChI=1S/C16H22Cl2N2O2.ClH/c1-16(2)10-20(7-5-14(16)19)15(21)6-8-22-13-4-3-11(17)9-12(13)18;/h3-4,9,14H,5-8,10,19H2,1-2H3;1H. The summed E-state index contributed by atoms with van der Waals surface area (Å²) in [6.07, 6.45) is 1.16. The minimum atomic E-state index is -0.0474. The van der Waals surface area contributed by atoms with Gasteiger partial charge in [-0.05, 0) is 30.0 Å². The number of hydrogen-bond donors (Lipinski definition) is 1. The Balaban J connectivity index is 0.00000264. The van der Waals surface area contributed by atoms with Gasteiger partial charge in [-0.3, -0.25) is 4.79 Å². The van der Waals surface area contributed by atoms with E-state index in [4.69, 9.17) is 33.7 Å². The van der Waals surface area contributed by atoms with Crippen LogP contribution < -0.4 is 10.5 Å². The summed E-state index contributed by atoms with van der Waals surface area (Å²) in [7, 11) is 0. The molecule has 0 bridgehead atoms. The van der Waals surface area contributed by atoms with Crippen LogP contribution >= 0.6 is 35.6 Å². The summed E-state index contributed by atoms with van der Waals surface area (Å²) in [5, 5.41) is 1.00. The molecular weight excluding hydrogens is 359 g/mol. The Hall–Kier alpha value is -0.680. The van der Waals surface area contributed by atoms with Crippen molar-refractivity contribution in [2.75, 3.05) is 19.7 Å². The maximum atomic E-state index is 12.3. The Morgan fingerprint density at radius 1 is 1.43 bits per heavy atom. The largest absolute Gasteiger partial charge is 0.491 e. The highest BCUT2D eigenvalue weighted by Crippen LogP contribution is 2.29. The normalized spacial score (nSPS) is 19.9.